The molecule has 0 saturated heterocycles. The molecule has 2 N–H and O–H groups in total. The van der Waals surface area contributed by atoms with Crippen LogP contribution >= 0.6 is 0 Å². The molecule has 0 amide bonds. The first-order valence-electron chi connectivity index (χ1n) is 5.20. The summed E-state index contributed by atoms with van der Waals surface area (Å²) < 4.78 is 10.3. The lowest BCUT2D eigenvalue weighted by Crippen LogP contribution is -2.54. The quantitative estimate of drug-likeness (QED) is 0.720. The largest absolute Gasteiger partial charge is 0.493 e. The number of nitrogens with two attached hydrogens (primary N) is 1. The topological polar surface area (TPSA) is 61.5 Å². The summed E-state index contributed by atoms with van der Waals surface area (Å²) in [6.45, 7) is 2.30. The van der Waals surface area contributed by atoms with E-state index in [0.717, 1.165) is 0 Å². The van der Waals surface area contributed by atoms with Crippen molar-refractivity contribution < 1.29 is 14.3 Å². The number of esters is 1. The van der Waals surface area contributed by atoms with Gasteiger partial charge in [0.05, 0.1) is 13.7 Å². The van der Waals surface area contributed by atoms with Gasteiger partial charge in [0.2, 0.25) is 0 Å². The Balaban J connectivity index is 2.56. The zero-order valence-electron chi connectivity index (χ0n) is 9.40. The van der Waals surface area contributed by atoms with Crippen molar-refractivity contribution >= 4 is 5.97 Å². The number of ether oxygens (including phenoxy) is 2. The van der Waals surface area contributed by atoms with Gasteiger partial charge in [-0.2, -0.15) is 0 Å². The van der Waals surface area contributed by atoms with E-state index >= 15 is 0 Å². The van der Waals surface area contributed by atoms with E-state index in [9.17, 15) is 4.79 Å². The fraction of sp³-hybridized carbons (Fsp3) is 0.417. The Labute approximate surface area is 94.3 Å². The van der Waals surface area contributed by atoms with E-state index in [-0.39, 0.29) is 5.92 Å². The van der Waals surface area contributed by atoms with Gasteiger partial charge >= 0.3 is 5.97 Å². The highest BCUT2D eigenvalue weighted by atomic mass is 16.5. The fourth-order valence-electron chi connectivity index (χ4n) is 2.03. The van der Waals surface area contributed by atoms with Gasteiger partial charge in [0.15, 0.2) is 0 Å². The van der Waals surface area contributed by atoms with E-state index in [2.05, 4.69) is 0 Å². The van der Waals surface area contributed by atoms with Crippen LogP contribution in [0.1, 0.15) is 12.5 Å². The molecule has 1 heterocycles. The van der Waals surface area contributed by atoms with Crippen molar-refractivity contribution in [2.75, 3.05) is 13.7 Å². The predicted molar refractivity (Wildman–Crippen MR) is 59.0 cm³/mol. The molecule has 0 bridgehead atoms. The monoisotopic (exact) mass is 221 g/mol. The molecule has 2 atom stereocenters. The maximum Gasteiger partial charge on any atom is 0.331 e. The van der Waals surface area contributed by atoms with Crippen LogP contribution in [-0.2, 0) is 15.1 Å². The number of hydrogen-bond donors (Lipinski definition) is 1. The summed E-state index contributed by atoms with van der Waals surface area (Å²) >= 11 is 0. The third-order valence-corrected chi connectivity index (χ3v) is 3.12. The molecule has 0 radical (unpaired) electrons. The van der Waals surface area contributed by atoms with E-state index in [4.69, 9.17) is 15.2 Å². The number of hydrogen-bond acceptors (Lipinski definition) is 4. The Morgan fingerprint density at radius 1 is 1.56 bits per heavy atom. The fourth-order valence-corrected chi connectivity index (χ4v) is 2.03. The van der Waals surface area contributed by atoms with Crippen molar-refractivity contribution in [3.8, 4) is 5.75 Å². The van der Waals surface area contributed by atoms with Crippen LogP contribution in [0.3, 0.4) is 0 Å². The smallest absolute Gasteiger partial charge is 0.331 e. The number of fused-ring (bicyclic) bond motifs is 1. The summed E-state index contributed by atoms with van der Waals surface area (Å²) in [6.07, 6.45) is 0. The summed E-state index contributed by atoms with van der Waals surface area (Å²) in [5, 5.41) is 0. The minimum Gasteiger partial charge on any atom is -0.493 e. The van der Waals surface area contributed by atoms with Gasteiger partial charge in [0, 0.05) is 11.5 Å². The van der Waals surface area contributed by atoms with Gasteiger partial charge in [-0.1, -0.05) is 25.1 Å². The number of methoxy groups -OCH3 is 1. The van der Waals surface area contributed by atoms with Crippen molar-refractivity contribution in [2.45, 2.75) is 12.5 Å². The Bertz CT molecular complexity index is 418. The minimum absolute atomic E-state index is 0.116. The Morgan fingerprint density at radius 3 is 2.94 bits per heavy atom. The van der Waals surface area contributed by atoms with Crippen LogP contribution in [0.15, 0.2) is 24.3 Å². The lowest BCUT2D eigenvalue weighted by atomic mass is 9.78. The lowest BCUT2D eigenvalue weighted by Gasteiger charge is -2.38. The molecule has 0 saturated carbocycles. The maximum atomic E-state index is 11.9. The Kier molecular flexibility index (Phi) is 2.59. The molecule has 1 aromatic carbocycles. The average Bonchev–Trinajstić information content (AvgIpc) is 2.33. The van der Waals surface area contributed by atoms with Crippen LogP contribution in [0.25, 0.3) is 0 Å². The van der Waals surface area contributed by atoms with Crippen LogP contribution in [-0.4, -0.2) is 19.7 Å². The second kappa shape index (κ2) is 3.79. The van der Waals surface area contributed by atoms with Crippen LogP contribution in [0.2, 0.25) is 0 Å². The molecular formula is C12H15NO3. The summed E-state index contributed by atoms with van der Waals surface area (Å²) in [6, 6.07) is 7.31. The van der Waals surface area contributed by atoms with Crippen molar-refractivity contribution in [1.29, 1.82) is 0 Å². The maximum absolute atomic E-state index is 11.9. The van der Waals surface area contributed by atoms with Crippen LogP contribution in [0, 0.1) is 5.92 Å². The Hall–Kier alpha value is -1.55. The molecule has 0 aliphatic carbocycles. The van der Waals surface area contributed by atoms with E-state index in [1.807, 2.05) is 31.2 Å². The van der Waals surface area contributed by atoms with Crippen molar-refractivity contribution in [1.82, 2.24) is 0 Å². The van der Waals surface area contributed by atoms with Gasteiger partial charge < -0.3 is 15.2 Å². The summed E-state index contributed by atoms with van der Waals surface area (Å²) in [5.41, 5.74) is 5.80. The van der Waals surface area contributed by atoms with Gasteiger partial charge in [0.1, 0.15) is 11.3 Å². The number of benzene rings is 1. The molecule has 0 aromatic heterocycles. The molecule has 86 valence electrons. The molecule has 4 heteroatoms. The zero-order valence-corrected chi connectivity index (χ0v) is 9.40. The first-order chi connectivity index (χ1) is 7.60. The second-order valence-electron chi connectivity index (χ2n) is 4.07. The SMILES string of the molecule is COC(=O)C1(N)c2ccccc2OCC1C. The molecule has 4 nitrogen and oxygen atoms in total. The van der Waals surface area contributed by atoms with Crippen LogP contribution < -0.4 is 10.5 Å². The summed E-state index contributed by atoms with van der Waals surface area (Å²) in [4.78, 5) is 11.9. The molecule has 1 aromatic rings. The van der Waals surface area contributed by atoms with Gasteiger partial charge in [-0.3, -0.25) is 0 Å². The Morgan fingerprint density at radius 2 is 2.25 bits per heavy atom. The highest BCUT2D eigenvalue weighted by Crippen LogP contribution is 2.38. The van der Waals surface area contributed by atoms with Gasteiger partial charge in [-0.05, 0) is 6.07 Å². The normalized spacial score (nSPS) is 27.8. The zero-order chi connectivity index (χ0) is 11.8. The summed E-state index contributed by atoms with van der Waals surface area (Å²) in [5.74, 6) is 0.124. The third-order valence-electron chi connectivity index (χ3n) is 3.12. The van der Waals surface area contributed by atoms with Gasteiger partial charge in [-0.15, -0.1) is 0 Å². The molecule has 2 rings (SSSR count). The third kappa shape index (κ3) is 1.38. The second-order valence-corrected chi connectivity index (χ2v) is 4.07. The molecule has 1 aliphatic heterocycles. The van der Waals surface area contributed by atoms with Crippen molar-refractivity contribution in [2.24, 2.45) is 11.7 Å². The predicted octanol–water partition coefficient (Wildman–Crippen LogP) is 1.04. The molecule has 1 aliphatic rings. The highest BCUT2D eigenvalue weighted by molar-refractivity contribution is 5.84. The van der Waals surface area contributed by atoms with Crippen LogP contribution in [0.4, 0.5) is 0 Å². The van der Waals surface area contributed by atoms with E-state index in [1.54, 1.807) is 0 Å². The first kappa shape index (κ1) is 11.0. The van der Waals surface area contributed by atoms with E-state index in [0.29, 0.717) is 17.9 Å². The van der Waals surface area contributed by atoms with Crippen molar-refractivity contribution in [3.05, 3.63) is 29.8 Å². The molecular weight excluding hydrogens is 206 g/mol. The number of rotatable bonds is 1. The molecule has 0 fully saturated rings. The van der Waals surface area contributed by atoms with E-state index in [1.165, 1.54) is 7.11 Å². The van der Waals surface area contributed by atoms with Crippen molar-refractivity contribution in [3.63, 3.8) is 0 Å². The molecule has 2 unspecified atom stereocenters. The average molecular weight is 221 g/mol. The minimum atomic E-state index is -1.11. The summed E-state index contributed by atoms with van der Waals surface area (Å²) in [7, 11) is 1.35. The number of carbonyl (C=O) groups is 1. The first-order valence-corrected chi connectivity index (χ1v) is 5.20. The number of carbonyl (C=O) groups excluding carboxylic acids is 1. The number of para-hydroxylation sites is 1. The lowest BCUT2D eigenvalue weighted by molar-refractivity contribution is -0.151. The van der Waals surface area contributed by atoms with Crippen LogP contribution in [0.5, 0.6) is 5.75 Å². The highest BCUT2D eigenvalue weighted by Gasteiger charge is 2.47. The van der Waals surface area contributed by atoms with E-state index < -0.39 is 11.5 Å². The van der Waals surface area contributed by atoms with Gasteiger partial charge in [-0.25, -0.2) is 4.79 Å². The molecule has 16 heavy (non-hydrogen) atoms. The standard InChI is InChI=1S/C12H15NO3/c1-8-7-16-10-6-4-3-5-9(10)12(8,13)11(14)15-2/h3-6,8H,7,13H2,1-2H3. The molecule has 0 spiro atoms. The van der Waals surface area contributed by atoms with Gasteiger partial charge in [0.25, 0.3) is 0 Å².